The lowest BCUT2D eigenvalue weighted by atomic mass is 10.4. The molecular formula is C10H10N2O3S. The number of nitrogens with zero attached hydrogens (tertiary/aromatic N) is 2. The lowest BCUT2D eigenvalue weighted by Gasteiger charge is -2.00. The van der Waals surface area contributed by atoms with Crippen LogP contribution in [0.25, 0.3) is 0 Å². The van der Waals surface area contributed by atoms with Gasteiger partial charge in [0.2, 0.25) is 11.8 Å². The molecule has 0 N–H and O–H groups in total. The van der Waals surface area contributed by atoms with Crippen molar-refractivity contribution in [2.75, 3.05) is 0 Å². The van der Waals surface area contributed by atoms with E-state index in [0.29, 0.717) is 5.89 Å². The minimum absolute atomic E-state index is 0.112. The first-order chi connectivity index (χ1) is 7.58. The van der Waals surface area contributed by atoms with Crippen LogP contribution in [0.3, 0.4) is 0 Å². The zero-order chi connectivity index (χ0) is 11.6. The van der Waals surface area contributed by atoms with E-state index in [0.717, 1.165) is 0 Å². The number of aromatic nitrogens is 2. The van der Waals surface area contributed by atoms with Gasteiger partial charge in [-0.2, -0.15) is 0 Å². The highest BCUT2D eigenvalue weighted by molar-refractivity contribution is 7.90. The van der Waals surface area contributed by atoms with Gasteiger partial charge in [0.05, 0.1) is 4.90 Å². The monoisotopic (exact) mass is 238 g/mol. The molecule has 0 aliphatic rings. The van der Waals surface area contributed by atoms with Gasteiger partial charge in [-0.05, 0) is 12.1 Å². The van der Waals surface area contributed by atoms with Crippen molar-refractivity contribution in [2.24, 2.45) is 0 Å². The Hall–Kier alpha value is -1.69. The van der Waals surface area contributed by atoms with Crippen LogP contribution in [-0.2, 0) is 15.6 Å². The van der Waals surface area contributed by atoms with Crippen LogP contribution in [0, 0.1) is 6.92 Å². The number of hydrogen-bond donors (Lipinski definition) is 0. The third-order valence-corrected chi connectivity index (χ3v) is 3.60. The predicted molar refractivity (Wildman–Crippen MR) is 56.4 cm³/mol. The number of sulfone groups is 1. The Morgan fingerprint density at radius 1 is 1.19 bits per heavy atom. The molecule has 1 aromatic heterocycles. The van der Waals surface area contributed by atoms with E-state index < -0.39 is 9.84 Å². The minimum Gasteiger partial charge on any atom is -0.424 e. The maximum atomic E-state index is 11.9. The Morgan fingerprint density at radius 3 is 2.44 bits per heavy atom. The quantitative estimate of drug-likeness (QED) is 0.807. The first-order valence-electron chi connectivity index (χ1n) is 4.65. The predicted octanol–water partition coefficient (Wildman–Crippen LogP) is 1.35. The molecule has 84 valence electrons. The summed E-state index contributed by atoms with van der Waals surface area (Å²) in [5.74, 6) is 0.206. The van der Waals surface area contributed by atoms with Crippen molar-refractivity contribution in [3.63, 3.8) is 0 Å². The SMILES string of the molecule is Cc1nnc(CS(=O)(=O)c2ccccc2)o1. The summed E-state index contributed by atoms with van der Waals surface area (Å²) in [7, 11) is -3.40. The smallest absolute Gasteiger partial charge is 0.231 e. The Labute approximate surface area is 93.0 Å². The highest BCUT2D eigenvalue weighted by Gasteiger charge is 2.18. The van der Waals surface area contributed by atoms with Gasteiger partial charge in [0.25, 0.3) is 0 Å². The molecule has 0 aliphatic carbocycles. The van der Waals surface area contributed by atoms with Gasteiger partial charge in [0, 0.05) is 6.92 Å². The van der Waals surface area contributed by atoms with Gasteiger partial charge in [0.15, 0.2) is 9.84 Å². The molecule has 0 fully saturated rings. The molecule has 2 rings (SSSR count). The van der Waals surface area contributed by atoms with Crippen LogP contribution in [0.2, 0.25) is 0 Å². The molecule has 1 heterocycles. The standard InChI is InChI=1S/C10H10N2O3S/c1-8-11-12-10(15-8)7-16(13,14)9-5-3-2-4-6-9/h2-6H,7H2,1H3. The van der Waals surface area contributed by atoms with Crippen molar-refractivity contribution < 1.29 is 12.8 Å². The summed E-state index contributed by atoms with van der Waals surface area (Å²) in [6, 6.07) is 8.19. The van der Waals surface area contributed by atoms with Crippen molar-refractivity contribution in [3.8, 4) is 0 Å². The van der Waals surface area contributed by atoms with Crippen molar-refractivity contribution in [3.05, 3.63) is 42.1 Å². The first-order valence-corrected chi connectivity index (χ1v) is 6.30. The zero-order valence-electron chi connectivity index (χ0n) is 8.62. The van der Waals surface area contributed by atoms with Crippen molar-refractivity contribution in [2.45, 2.75) is 17.6 Å². The van der Waals surface area contributed by atoms with Gasteiger partial charge in [-0.1, -0.05) is 18.2 Å². The van der Waals surface area contributed by atoms with E-state index in [2.05, 4.69) is 10.2 Å². The van der Waals surface area contributed by atoms with E-state index in [9.17, 15) is 8.42 Å². The van der Waals surface area contributed by atoms with E-state index >= 15 is 0 Å². The molecule has 0 unspecified atom stereocenters. The molecule has 0 spiro atoms. The summed E-state index contributed by atoms with van der Waals surface area (Å²) in [4.78, 5) is 0.255. The first kappa shape index (κ1) is 10.8. The van der Waals surface area contributed by atoms with Crippen LogP contribution in [0.5, 0.6) is 0 Å². The fourth-order valence-electron chi connectivity index (χ4n) is 1.27. The Balaban J connectivity index is 2.28. The van der Waals surface area contributed by atoms with E-state index in [1.54, 1.807) is 37.3 Å². The summed E-state index contributed by atoms with van der Waals surface area (Å²) >= 11 is 0. The van der Waals surface area contributed by atoms with E-state index in [4.69, 9.17) is 4.42 Å². The van der Waals surface area contributed by atoms with E-state index in [1.165, 1.54) is 0 Å². The summed E-state index contributed by atoms with van der Waals surface area (Å²) in [6.07, 6.45) is 0. The third kappa shape index (κ3) is 2.27. The molecular weight excluding hydrogens is 228 g/mol. The molecule has 2 aromatic rings. The fourth-order valence-corrected chi connectivity index (χ4v) is 2.45. The fraction of sp³-hybridized carbons (Fsp3) is 0.200. The second-order valence-electron chi connectivity index (χ2n) is 3.29. The molecule has 0 amide bonds. The number of benzene rings is 1. The van der Waals surface area contributed by atoms with Gasteiger partial charge in [0.1, 0.15) is 5.75 Å². The lowest BCUT2D eigenvalue weighted by Crippen LogP contribution is -2.04. The normalized spacial score (nSPS) is 11.6. The summed E-state index contributed by atoms with van der Waals surface area (Å²) in [5, 5.41) is 7.24. The molecule has 0 saturated heterocycles. The number of aryl methyl sites for hydroxylation is 1. The molecule has 1 aromatic carbocycles. The van der Waals surface area contributed by atoms with Gasteiger partial charge in [-0.15, -0.1) is 10.2 Å². The van der Waals surface area contributed by atoms with Crippen LogP contribution in [0.4, 0.5) is 0 Å². The van der Waals surface area contributed by atoms with Crippen LogP contribution >= 0.6 is 0 Å². The number of hydrogen-bond acceptors (Lipinski definition) is 5. The largest absolute Gasteiger partial charge is 0.424 e. The minimum atomic E-state index is -3.40. The highest BCUT2D eigenvalue weighted by Crippen LogP contribution is 2.14. The summed E-state index contributed by atoms with van der Waals surface area (Å²) in [6.45, 7) is 1.62. The molecule has 0 saturated carbocycles. The number of rotatable bonds is 3. The second-order valence-corrected chi connectivity index (χ2v) is 5.28. The molecule has 0 bridgehead atoms. The zero-order valence-corrected chi connectivity index (χ0v) is 9.44. The Morgan fingerprint density at radius 2 is 1.88 bits per heavy atom. The van der Waals surface area contributed by atoms with Gasteiger partial charge in [-0.25, -0.2) is 8.42 Å². The third-order valence-electron chi connectivity index (χ3n) is 1.98. The van der Waals surface area contributed by atoms with Gasteiger partial charge < -0.3 is 4.42 Å². The van der Waals surface area contributed by atoms with Crippen LogP contribution < -0.4 is 0 Å². The van der Waals surface area contributed by atoms with Crippen molar-refractivity contribution in [1.82, 2.24) is 10.2 Å². The van der Waals surface area contributed by atoms with Crippen molar-refractivity contribution >= 4 is 9.84 Å². The molecule has 0 radical (unpaired) electrons. The summed E-state index contributed by atoms with van der Waals surface area (Å²) < 4.78 is 28.8. The second kappa shape index (κ2) is 4.05. The molecule has 16 heavy (non-hydrogen) atoms. The topological polar surface area (TPSA) is 73.1 Å². The van der Waals surface area contributed by atoms with E-state index in [-0.39, 0.29) is 16.5 Å². The lowest BCUT2D eigenvalue weighted by molar-refractivity contribution is 0.480. The average molecular weight is 238 g/mol. The Bertz CT molecular complexity index is 575. The van der Waals surface area contributed by atoms with Gasteiger partial charge in [-0.3, -0.25) is 0 Å². The van der Waals surface area contributed by atoms with Crippen LogP contribution in [-0.4, -0.2) is 18.6 Å². The highest BCUT2D eigenvalue weighted by atomic mass is 32.2. The Kier molecular flexibility index (Phi) is 2.74. The van der Waals surface area contributed by atoms with Crippen LogP contribution in [0.1, 0.15) is 11.8 Å². The maximum Gasteiger partial charge on any atom is 0.231 e. The summed E-state index contributed by atoms with van der Waals surface area (Å²) in [5.41, 5.74) is 0. The average Bonchev–Trinajstić information content (AvgIpc) is 2.64. The van der Waals surface area contributed by atoms with Gasteiger partial charge >= 0.3 is 0 Å². The molecule has 0 aliphatic heterocycles. The molecule has 5 nitrogen and oxygen atoms in total. The van der Waals surface area contributed by atoms with E-state index in [1.807, 2.05) is 0 Å². The van der Waals surface area contributed by atoms with Crippen LogP contribution in [0.15, 0.2) is 39.6 Å². The maximum absolute atomic E-state index is 11.9. The molecule has 6 heteroatoms. The molecule has 0 atom stereocenters. The van der Waals surface area contributed by atoms with Crippen molar-refractivity contribution in [1.29, 1.82) is 0 Å².